The molecule has 0 rings (SSSR count). The minimum atomic E-state index is 0. The summed E-state index contributed by atoms with van der Waals surface area (Å²) in [6.45, 7) is 0. The van der Waals surface area contributed by atoms with E-state index in [0.717, 1.165) is 0 Å². The zero-order valence-electron chi connectivity index (χ0n) is 5.50. The maximum atomic E-state index is 0. The molecule has 0 saturated carbocycles. The van der Waals surface area contributed by atoms with Crippen LogP contribution in [0.2, 0.25) is 0 Å². The van der Waals surface area contributed by atoms with Gasteiger partial charge in [-0.15, -0.1) is 0 Å². The molecule has 0 aromatic rings. The van der Waals surface area contributed by atoms with E-state index in [1.54, 1.807) is 0 Å². The van der Waals surface area contributed by atoms with Crippen LogP contribution in [-0.2, 0) is 0 Å². The summed E-state index contributed by atoms with van der Waals surface area (Å²) in [5, 5.41) is 0. The van der Waals surface area contributed by atoms with Crippen molar-refractivity contribution in [2.75, 3.05) is 0 Å². The van der Waals surface area contributed by atoms with Gasteiger partial charge in [0.1, 0.15) is 0 Å². The molecule has 12 heavy (non-hydrogen) atoms. The second kappa shape index (κ2) is 1590. The summed E-state index contributed by atoms with van der Waals surface area (Å²) >= 11 is 0. The van der Waals surface area contributed by atoms with Gasteiger partial charge in [-0.05, 0) is 0 Å². The fourth-order valence-corrected chi connectivity index (χ4v) is 0. The van der Waals surface area contributed by atoms with E-state index >= 15 is 0 Å². The summed E-state index contributed by atoms with van der Waals surface area (Å²) in [7, 11) is 0. The maximum absolute atomic E-state index is 0. The zero-order valence-corrected chi connectivity index (χ0v) is 6.50. The van der Waals surface area contributed by atoms with Crippen molar-refractivity contribution in [3.63, 3.8) is 0 Å². The molecule has 0 radical (unpaired) electrons. The topological polar surface area (TPSA) is 315 Å². The van der Waals surface area contributed by atoms with Gasteiger partial charge in [-0.3, -0.25) is 0 Å². The second-order valence-corrected chi connectivity index (χ2v) is 0. The Morgan fingerprint density at radius 2 is 0.250 bits per heavy atom. The van der Waals surface area contributed by atoms with Gasteiger partial charge >= 0.3 is 29.6 Å². The van der Waals surface area contributed by atoms with Crippen molar-refractivity contribution in [3.8, 4) is 0 Å². The monoisotopic (exact) mass is 238 g/mol. The van der Waals surface area contributed by atoms with E-state index in [1.165, 1.54) is 0 Å². The molecule has 12 heteroatoms. The van der Waals surface area contributed by atoms with E-state index in [1.807, 2.05) is 0 Å². The Morgan fingerprint density at radius 1 is 0.250 bits per heavy atom. The Bertz CT molecular complexity index is 9.80. The average molecular weight is 238 g/mol. The van der Waals surface area contributed by atoms with Crippen LogP contribution >= 0.6 is 13.5 Å². The molecule has 0 saturated heterocycles. The van der Waals surface area contributed by atoms with Crippen LogP contribution < -0.4 is 0 Å². The summed E-state index contributed by atoms with van der Waals surface area (Å²) in [6.07, 6.45) is 0. The quantitative estimate of drug-likeness (QED) is 0.354. The SMILES string of the molecule is O.O.O.O.O.O.O.O.O.O.S.[NaH]. The molecule has 10 nitrogen and oxygen atoms in total. The molecule has 0 fully saturated rings. The van der Waals surface area contributed by atoms with Crippen LogP contribution in [0.15, 0.2) is 0 Å². The van der Waals surface area contributed by atoms with Crippen LogP contribution in [0.25, 0.3) is 0 Å². The van der Waals surface area contributed by atoms with Crippen molar-refractivity contribution in [2.24, 2.45) is 0 Å². The van der Waals surface area contributed by atoms with Crippen molar-refractivity contribution in [3.05, 3.63) is 0 Å². The molecule has 0 aromatic heterocycles. The minimum absolute atomic E-state index is 0. The summed E-state index contributed by atoms with van der Waals surface area (Å²) in [5.41, 5.74) is 0. The van der Waals surface area contributed by atoms with E-state index < -0.39 is 0 Å². The van der Waals surface area contributed by atoms with Crippen LogP contribution in [0.5, 0.6) is 0 Å². The van der Waals surface area contributed by atoms with Crippen molar-refractivity contribution in [1.82, 2.24) is 0 Å². The van der Waals surface area contributed by atoms with Gasteiger partial charge in [0.2, 0.25) is 0 Å². The van der Waals surface area contributed by atoms with Gasteiger partial charge in [0, 0.05) is 0 Å². The van der Waals surface area contributed by atoms with Crippen molar-refractivity contribution >= 4 is 43.1 Å². The van der Waals surface area contributed by atoms with E-state index in [9.17, 15) is 0 Å². The summed E-state index contributed by atoms with van der Waals surface area (Å²) < 4.78 is 0. The molecule has 0 heterocycles. The van der Waals surface area contributed by atoms with Crippen LogP contribution in [0.4, 0.5) is 0 Å². The van der Waals surface area contributed by atoms with Crippen molar-refractivity contribution in [2.45, 2.75) is 0 Å². The molecule has 0 atom stereocenters. The summed E-state index contributed by atoms with van der Waals surface area (Å²) in [5.74, 6) is 0. The van der Waals surface area contributed by atoms with Crippen LogP contribution in [0.3, 0.4) is 0 Å². The predicted molar refractivity (Wildman–Crippen MR) is 53.7 cm³/mol. The average Bonchev–Trinajstić information content (AvgIpc) is 0. The molecular weight excluding hydrogens is 215 g/mol. The fourth-order valence-electron chi connectivity index (χ4n) is 0. The first-order chi connectivity index (χ1) is 0. The third-order valence-corrected chi connectivity index (χ3v) is 0. The van der Waals surface area contributed by atoms with Gasteiger partial charge in [-0.25, -0.2) is 0 Å². The first kappa shape index (κ1) is 2050. The Balaban J connectivity index is 0. The molecule has 0 amide bonds. The Hall–Kier alpha value is 0.950. The number of rotatable bonds is 0. The number of hydrogen-bond donors (Lipinski definition) is 0. The van der Waals surface area contributed by atoms with E-state index in [2.05, 4.69) is 0 Å². The normalized spacial score (nSPS) is 0. The number of hydrogen-bond acceptors (Lipinski definition) is 0. The van der Waals surface area contributed by atoms with Gasteiger partial charge in [0.25, 0.3) is 0 Å². The first-order valence-electron chi connectivity index (χ1n) is 0. The van der Waals surface area contributed by atoms with Gasteiger partial charge < -0.3 is 54.8 Å². The van der Waals surface area contributed by atoms with Gasteiger partial charge in [0.05, 0.1) is 0 Å². The zero-order chi connectivity index (χ0) is 0. The first-order valence-corrected chi connectivity index (χ1v) is 0. The molecule has 90 valence electrons. The molecular formula is H23NaO10S. The van der Waals surface area contributed by atoms with Crippen LogP contribution in [0.1, 0.15) is 0 Å². The van der Waals surface area contributed by atoms with Crippen LogP contribution in [-0.4, -0.2) is 84.3 Å². The molecule has 20 N–H and O–H groups in total. The Morgan fingerprint density at radius 3 is 0.250 bits per heavy atom. The van der Waals surface area contributed by atoms with Crippen molar-refractivity contribution in [1.29, 1.82) is 0 Å². The molecule has 0 aromatic carbocycles. The second-order valence-electron chi connectivity index (χ2n) is 0. The molecule has 0 aliphatic rings. The molecule has 0 aliphatic carbocycles. The standard InChI is InChI=1S/Na.10H2O.H2S.H/h;11*1H2;. The van der Waals surface area contributed by atoms with Gasteiger partial charge in [-0.2, -0.15) is 13.5 Å². The predicted octanol–water partition coefficient (Wildman–Crippen LogP) is -8.78. The van der Waals surface area contributed by atoms with Gasteiger partial charge in [0.15, 0.2) is 0 Å². The van der Waals surface area contributed by atoms with Gasteiger partial charge in [-0.1, -0.05) is 0 Å². The molecule has 0 aliphatic heterocycles. The van der Waals surface area contributed by atoms with E-state index in [4.69, 9.17) is 0 Å². The fraction of sp³-hybridized carbons (Fsp3) is 0. The molecule has 0 spiro atoms. The summed E-state index contributed by atoms with van der Waals surface area (Å²) in [4.78, 5) is 0. The Kier molecular flexibility index (Phi) is 271000. The van der Waals surface area contributed by atoms with Crippen molar-refractivity contribution < 1.29 is 54.8 Å². The molecule has 0 bridgehead atoms. The van der Waals surface area contributed by atoms with E-state index in [0.29, 0.717) is 0 Å². The Labute approximate surface area is 97.8 Å². The van der Waals surface area contributed by atoms with Crippen LogP contribution in [0, 0.1) is 0 Å². The third kappa shape index (κ3) is 1200. The van der Waals surface area contributed by atoms with E-state index in [-0.39, 0.29) is 97.8 Å². The molecule has 0 unspecified atom stereocenters. The summed E-state index contributed by atoms with van der Waals surface area (Å²) in [6, 6.07) is 0. The third-order valence-electron chi connectivity index (χ3n) is 0.